The van der Waals surface area contributed by atoms with Crippen molar-refractivity contribution in [3.63, 3.8) is 0 Å². The zero-order valence-electron chi connectivity index (χ0n) is 22.2. The van der Waals surface area contributed by atoms with E-state index >= 15 is 8.78 Å². The van der Waals surface area contributed by atoms with Gasteiger partial charge < -0.3 is 19.7 Å². The maximum atomic E-state index is 16.3. The van der Waals surface area contributed by atoms with E-state index < -0.39 is 52.2 Å². The SMILES string of the molecule is OC(COc1ccc(C23CC(C(F)(F)[C@@](O)(Cn4cnnn4)c4ccc(F)cc4F)(C2)C3)cc1)CN1CCOCC1. The number of tetrazole rings is 1. The van der Waals surface area contributed by atoms with Crippen LogP contribution in [0.3, 0.4) is 0 Å². The average molecular weight is 578 g/mol. The normalized spacial score (nSPS) is 26.5. The van der Waals surface area contributed by atoms with Crippen molar-refractivity contribution >= 4 is 0 Å². The van der Waals surface area contributed by atoms with Gasteiger partial charge in [0.05, 0.1) is 19.8 Å². The van der Waals surface area contributed by atoms with Crippen molar-refractivity contribution in [1.82, 2.24) is 25.1 Å². The monoisotopic (exact) mass is 577 g/mol. The summed E-state index contributed by atoms with van der Waals surface area (Å²) in [5, 5.41) is 32.2. The number of β-amino-alcohol motifs (C(OH)–C–C–N with tert-alkyl or cyclic N) is 1. The number of halogens is 4. The summed E-state index contributed by atoms with van der Waals surface area (Å²) in [4.78, 5) is 2.11. The summed E-state index contributed by atoms with van der Waals surface area (Å²) in [5.41, 5.74) is -4.93. The van der Waals surface area contributed by atoms with E-state index in [9.17, 15) is 19.0 Å². The zero-order chi connectivity index (χ0) is 28.9. The molecule has 2 heterocycles. The van der Waals surface area contributed by atoms with Gasteiger partial charge in [0.25, 0.3) is 5.92 Å². The Labute approximate surface area is 233 Å². The number of hydrogen-bond acceptors (Lipinski definition) is 8. The van der Waals surface area contributed by atoms with E-state index in [2.05, 4.69) is 20.4 Å². The predicted molar refractivity (Wildman–Crippen MR) is 136 cm³/mol. The lowest BCUT2D eigenvalue weighted by Gasteiger charge is -2.74. The Morgan fingerprint density at radius 3 is 2.39 bits per heavy atom. The van der Waals surface area contributed by atoms with Crippen molar-refractivity contribution in [1.29, 1.82) is 0 Å². The second-order valence-electron chi connectivity index (χ2n) is 11.6. The molecule has 13 heteroatoms. The third-order valence-corrected chi connectivity index (χ3v) is 8.86. The van der Waals surface area contributed by atoms with Crippen LogP contribution in [0.25, 0.3) is 0 Å². The standard InChI is InChI=1S/C28H31F4N5O4/c29-20-3-6-23(24(30)11-20)27(39,17-37-18-33-34-35-37)28(31,32)26-14-25(15-26,16-26)19-1-4-22(5-2-19)41-13-21(38)12-36-7-9-40-10-8-36/h1-6,11,18,21,38-39H,7-10,12-17H2/t21?,25?,26?,27-/m1/s1. The van der Waals surface area contributed by atoms with Crippen molar-refractivity contribution in [2.75, 3.05) is 39.5 Å². The minimum absolute atomic E-state index is 0.0895. The van der Waals surface area contributed by atoms with Gasteiger partial charge in [0.2, 0.25) is 0 Å². The van der Waals surface area contributed by atoms with Crippen LogP contribution in [-0.4, -0.2) is 86.8 Å². The Morgan fingerprint density at radius 2 is 1.76 bits per heavy atom. The molecule has 41 heavy (non-hydrogen) atoms. The molecular weight excluding hydrogens is 546 g/mol. The molecule has 7 rings (SSSR count). The fourth-order valence-corrected chi connectivity index (χ4v) is 6.76. The van der Waals surface area contributed by atoms with E-state index in [1.165, 1.54) is 0 Å². The molecule has 3 aliphatic carbocycles. The lowest BCUT2D eigenvalue weighted by Crippen LogP contribution is -2.76. The number of nitrogens with zero attached hydrogens (tertiary/aromatic N) is 5. The molecule has 9 nitrogen and oxygen atoms in total. The molecule has 1 saturated heterocycles. The first kappa shape index (κ1) is 28.0. The number of hydrogen-bond donors (Lipinski definition) is 2. The molecule has 2 N–H and O–H groups in total. The second-order valence-corrected chi connectivity index (χ2v) is 11.6. The Balaban J connectivity index is 1.13. The van der Waals surface area contributed by atoms with Gasteiger partial charge in [-0.1, -0.05) is 12.1 Å². The molecule has 0 amide bonds. The summed E-state index contributed by atoms with van der Waals surface area (Å²) >= 11 is 0. The third-order valence-electron chi connectivity index (χ3n) is 8.86. The van der Waals surface area contributed by atoms with E-state index in [1.807, 2.05) is 12.1 Å². The number of benzene rings is 2. The zero-order valence-corrected chi connectivity index (χ0v) is 22.2. The molecule has 0 spiro atoms. The van der Waals surface area contributed by atoms with Gasteiger partial charge in [-0.05, 0) is 64.9 Å². The first-order valence-corrected chi connectivity index (χ1v) is 13.5. The van der Waals surface area contributed by atoms with E-state index in [4.69, 9.17) is 9.47 Å². The van der Waals surface area contributed by atoms with Gasteiger partial charge in [0, 0.05) is 36.7 Å². The molecule has 2 atom stereocenters. The van der Waals surface area contributed by atoms with Crippen LogP contribution in [0.15, 0.2) is 48.8 Å². The average Bonchev–Trinajstić information content (AvgIpc) is 3.40. The Kier molecular flexibility index (Phi) is 7.04. The molecule has 0 radical (unpaired) electrons. The van der Waals surface area contributed by atoms with Gasteiger partial charge in [-0.3, -0.25) is 4.90 Å². The summed E-state index contributed by atoms with van der Waals surface area (Å²) in [7, 11) is 0. The van der Waals surface area contributed by atoms with Crippen LogP contribution in [0.5, 0.6) is 5.75 Å². The van der Waals surface area contributed by atoms with Gasteiger partial charge in [-0.15, -0.1) is 5.10 Å². The first-order chi connectivity index (χ1) is 19.6. The highest BCUT2D eigenvalue weighted by atomic mass is 19.3. The molecule has 1 unspecified atom stereocenters. The van der Waals surface area contributed by atoms with Gasteiger partial charge in [-0.25, -0.2) is 22.2 Å². The molecule has 3 aromatic rings. The van der Waals surface area contributed by atoms with E-state index in [1.54, 1.807) is 12.1 Å². The summed E-state index contributed by atoms with van der Waals surface area (Å²) < 4.78 is 73.1. The quantitative estimate of drug-likeness (QED) is 0.336. The van der Waals surface area contributed by atoms with Crippen LogP contribution in [0.2, 0.25) is 0 Å². The number of rotatable bonds is 11. The first-order valence-electron chi connectivity index (χ1n) is 13.5. The van der Waals surface area contributed by atoms with Crippen molar-refractivity contribution in [3.8, 4) is 5.75 Å². The minimum Gasteiger partial charge on any atom is -0.491 e. The van der Waals surface area contributed by atoms with Gasteiger partial charge in [0.15, 0.2) is 5.60 Å². The minimum atomic E-state index is -3.79. The number of aromatic nitrogens is 4. The number of aliphatic hydroxyl groups excluding tert-OH is 1. The fraction of sp³-hybridized carbons (Fsp3) is 0.536. The third kappa shape index (κ3) is 4.78. The van der Waals surface area contributed by atoms with E-state index in [0.717, 1.165) is 41.8 Å². The fourth-order valence-electron chi connectivity index (χ4n) is 6.76. The Morgan fingerprint density at radius 1 is 1.05 bits per heavy atom. The smallest absolute Gasteiger partial charge is 0.287 e. The van der Waals surface area contributed by atoms with Gasteiger partial charge >= 0.3 is 0 Å². The van der Waals surface area contributed by atoms with Gasteiger partial charge in [-0.2, -0.15) is 0 Å². The predicted octanol–water partition coefficient (Wildman–Crippen LogP) is 2.67. The van der Waals surface area contributed by atoms with E-state index in [0.29, 0.717) is 31.6 Å². The largest absolute Gasteiger partial charge is 0.491 e. The summed E-state index contributed by atoms with van der Waals surface area (Å²) in [6.45, 7) is 2.62. The van der Waals surface area contributed by atoms with E-state index in [-0.39, 0.29) is 25.9 Å². The van der Waals surface area contributed by atoms with Gasteiger partial charge in [0.1, 0.15) is 36.4 Å². The topological polar surface area (TPSA) is 106 Å². The van der Waals surface area contributed by atoms with Crippen LogP contribution >= 0.6 is 0 Å². The van der Waals surface area contributed by atoms with Crippen LogP contribution in [-0.2, 0) is 22.3 Å². The Hall–Kier alpha value is -3.13. The molecule has 1 aromatic heterocycles. The maximum Gasteiger partial charge on any atom is 0.287 e. The molecule has 4 fully saturated rings. The highest BCUT2D eigenvalue weighted by molar-refractivity contribution is 5.44. The molecule has 2 bridgehead atoms. The highest BCUT2D eigenvalue weighted by Crippen LogP contribution is 2.80. The molecular formula is C28H31F4N5O4. The molecule has 1 aliphatic heterocycles. The summed E-state index contributed by atoms with van der Waals surface area (Å²) in [5.74, 6) is -5.44. The number of ether oxygens (including phenoxy) is 2. The van der Waals surface area contributed by atoms with Crippen molar-refractivity contribution < 1.29 is 37.2 Å². The molecule has 220 valence electrons. The van der Waals surface area contributed by atoms with Crippen LogP contribution < -0.4 is 4.74 Å². The van der Waals surface area contributed by atoms with Crippen molar-refractivity contribution in [2.45, 2.75) is 48.8 Å². The number of alkyl halides is 2. The molecule has 2 aromatic carbocycles. The maximum absolute atomic E-state index is 16.3. The number of morpholine rings is 1. The molecule has 3 saturated carbocycles. The van der Waals surface area contributed by atoms with Crippen LogP contribution in [0.1, 0.15) is 30.4 Å². The van der Waals surface area contributed by atoms with Crippen LogP contribution in [0.4, 0.5) is 17.6 Å². The molecule has 4 aliphatic rings. The number of aliphatic hydroxyl groups is 2. The second kappa shape index (κ2) is 10.3. The van der Waals surface area contributed by atoms with Crippen LogP contribution in [0, 0.1) is 17.0 Å². The Bertz CT molecular complexity index is 1350. The lowest BCUT2D eigenvalue weighted by atomic mass is 9.30. The lowest BCUT2D eigenvalue weighted by molar-refractivity contribution is -0.347. The van der Waals surface area contributed by atoms with Crippen molar-refractivity contribution in [2.24, 2.45) is 5.41 Å². The highest BCUT2D eigenvalue weighted by Gasteiger charge is 2.82. The van der Waals surface area contributed by atoms with Crippen molar-refractivity contribution in [3.05, 3.63) is 71.6 Å². The summed E-state index contributed by atoms with van der Waals surface area (Å²) in [6.07, 6.45) is 0.660. The summed E-state index contributed by atoms with van der Waals surface area (Å²) in [6, 6.07) is 9.34.